The fraction of sp³-hybridized carbons (Fsp3) is 0.143. The van der Waals surface area contributed by atoms with Gasteiger partial charge in [0.25, 0.3) is 11.5 Å². The molecular formula is C21H19N5O4S. The molecule has 4 aromatic rings. The number of aromatic nitrogens is 3. The fourth-order valence-electron chi connectivity index (χ4n) is 3.32. The number of furan rings is 1. The quantitative estimate of drug-likeness (QED) is 0.493. The van der Waals surface area contributed by atoms with Gasteiger partial charge < -0.3 is 9.73 Å². The average Bonchev–Trinajstić information content (AvgIpc) is 3.11. The number of benzene rings is 1. The van der Waals surface area contributed by atoms with Gasteiger partial charge in [-0.1, -0.05) is 30.3 Å². The summed E-state index contributed by atoms with van der Waals surface area (Å²) in [6.45, 7) is 3.48. The Balaban J connectivity index is 1.74. The molecule has 0 radical (unpaired) electrons. The van der Waals surface area contributed by atoms with Crippen LogP contribution in [0.3, 0.4) is 0 Å². The topological polar surface area (TPSA) is 133 Å². The van der Waals surface area contributed by atoms with Crippen LogP contribution in [-0.2, 0) is 11.0 Å². The zero-order valence-electron chi connectivity index (χ0n) is 16.7. The summed E-state index contributed by atoms with van der Waals surface area (Å²) in [5, 5.41) is 8.25. The number of pyridine rings is 1. The van der Waals surface area contributed by atoms with Crippen molar-refractivity contribution in [2.75, 3.05) is 5.32 Å². The van der Waals surface area contributed by atoms with Gasteiger partial charge in [-0.05, 0) is 31.5 Å². The molecule has 0 fully saturated rings. The SMILES string of the molecule is Cc1oc2ncn(C(C)c3ccccc3)c(=O)c2c1C(=O)Nc1ccc(S(N)=O)nc1. The van der Waals surface area contributed by atoms with E-state index in [4.69, 9.17) is 9.56 Å². The third kappa shape index (κ3) is 3.90. The minimum absolute atomic E-state index is 0.0937. The Morgan fingerprint density at radius 3 is 2.58 bits per heavy atom. The predicted molar refractivity (Wildman–Crippen MR) is 116 cm³/mol. The van der Waals surface area contributed by atoms with E-state index in [1.54, 1.807) is 6.92 Å². The normalized spacial score (nSPS) is 13.1. The van der Waals surface area contributed by atoms with Crippen LogP contribution in [0.25, 0.3) is 11.1 Å². The molecule has 0 spiro atoms. The monoisotopic (exact) mass is 437 g/mol. The number of hydrogen-bond donors (Lipinski definition) is 2. The van der Waals surface area contributed by atoms with Crippen LogP contribution >= 0.6 is 0 Å². The third-order valence-corrected chi connectivity index (χ3v) is 5.59. The summed E-state index contributed by atoms with van der Waals surface area (Å²) in [5.74, 6) is -0.265. The summed E-state index contributed by atoms with van der Waals surface area (Å²) in [4.78, 5) is 34.4. The second-order valence-electron chi connectivity index (χ2n) is 6.89. The Hall–Kier alpha value is -3.63. The lowest BCUT2D eigenvalue weighted by molar-refractivity contribution is 0.102. The van der Waals surface area contributed by atoms with Crippen LogP contribution in [0.1, 0.15) is 34.6 Å². The van der Waals surface area contributed by atoms with Gasteiger partial charge in [-0.25, -0.2) is 19.3 Å². The van der Waals surface area contributed by atoms with Crippen molar-refractivity contribution in [3.63, 3.8) is 0 Å². The molecule has 10 heteroatoms. The molecule has 3 aromatic heterocycles. The van der Waals surface area contributed by atoms with Crippen molar-refractivity contribution in [2.24, 2.45) is 5.14 Å². The summed E-state index contributed by atoms with van der Waals surface area (Å²) in [6.07, 6.45) is 2.76. The van der Waals surface area contributed by atoms with Crippen molar-refractivity contribution in [1.82, 2.24) is 14.5 Å². The number of carbonyl (C=O) groups excluding carboxylic acids is 1. The molecule has 2 atom stereocenters. The fourth-order valence-corrected chi connectivity index (χ4v) is 3.68. The van der Waals surface area contributed by atoms with Crippen molar-refractivity contribution >= 4 is 33.7 Å². The van der Waals surface area contributed by atoms with E-state index in [-0.39, 0.29) is 39.1 Å². The number of rotatable bonds is 5. The Morgan fingerprint density at radius 2 is 1.94 bits per heavy atom. The maximum atomic E-state index is 13.3. The molecule has 3 N–H and O–H groups in total. The van der Waals surface area contributed by atoms with Crippen LogP contribution in [0.2, 0.25) is 0 Å². The minimum Gasteiger partial charge on any atom is -0.442 e. The van der Waals surface area contributed by atoms with Gasteiger partial charge in [-0.3, -0.25) is 14.2 Å². The molecule has 0 aliphatic carbocycles. The van der Waals surface area contributed by atoms with E-state index in [0.29, 0.717) is 5.69 Å². The van der Waals surface area contributed by atoms with Crippen LogP contribution in [0.5, 0.6) is 0 Å². The molecule has 2 unspecified atom stereocenters. The first-order chi connectivity index (χ1) is 14.9. The van der Waals surface area contributed by atoms with Crippen LogP contribution in [0, 0.1) is 6.92 Å². The Morgan fingerprint density at radius 1 is 1.19 bits per heavy atom. The highest BCUT2D eigenvalue weighted by Gasteiger charge is 2.24. The van der Waals surface area contributed by atoms with Gasteiger partial charge in [0.2, 0.25) is 5.71 Å². The molecule has 3 heterocycles. The van der Waals surface area contributed by atoms with E-state index in [1.807, 2.05) is 37.3 Å². The number of nitrogens with two attached hydrogens (primary N) is 1. The van der Waals surface area contributed by atoms with Crippen LogP contribution in [0.15, 0.2) is 69.2 Å². The van der Waals surface area contributed by atoms with E-state index < -0.39 is 16.9 Å². The second kappa shape index (κ2) is 8.25. The van der Waals surface area contributed by atoms with Gasteiger partial charge in [-0.15, -0.1) is 0 Å². The molecule has 0 saturated carbocycles. The number of amides is 1. The molecule has 0 aliphatic heterocycles. The van der Waals surface area contributed by atoms with Gasteiger partial charge >= 0.3 is 0 Å². The van der Waals surface area contributed by atoms with E-state index in [1.165, 1.54) is 29.2 Å². The van der Waals surface area contributed by atoms with Crippen molar-refractivity contribution in [1.29, 1.82) is 0 Å². The van der Waals surface area contributed by atoms with Crippen molar-refractivity contribution < 1.29 is 13.4 Å². The van der Waals surface area contributed by atoms with E-state index in [0.717, 1.165) is 5.56 Å². The van der Waals surface area contributed by atoms with E-state index in [9.17, 15) is 13.8 Å². The van der Waals surface area contributed by atoms with Gasteiger partial charge in [0, 0.05) is 0 Å². The standard InChI is InChI=1S/C21H19N5O4S/c1-12(14-6-4-3-5-7-14)26-11-24-20-18(21(26)28)17(13(2)30-20)19(27)25-15-8-9-16(23-10-15)31(22)29/h3-12H,22H2,1-2H3,(H,25,27). The van der Waals surface area contributed by atoms with Crippen molar-refractivity contribution in [3.05, 3.63) is 82.2 Å². The molecule has 0 aliphatic rings. The van der Waals surface area contributed by atoms with Gasteiger partial charge in [0.1, 0.15) is 33.5 Å². The molecule has 158 valence electrons. The number of aryl methyl sites for hydroxylation is 1. The number of nitrogens with zero attached hydrogens (tertiary/aromatic N) is 3. The Kier molecular flexibility index (Phi) is 5.49. The number of nitrogens with one attached hydrogen (secondary N) is 1. The largest absolute Gasteiger partial charge is 0.442 e. The maximum Gasteiger partial charge on any atom is 0.266 e. The molecule has 0 saturated heterocycles. The highest BCUT2D eigenvalue weighted by Crippen LogP contribution is 2.24. The number of anilines is 1. The van der Waals surface area contributed by atoms with Gasteiger partial charge in [0.15, 0.2) is 0 Å². The molecule has 31 heavy (non-hydrogen) atoms. The summed E-state index contributed by atoms with van der Waals surface area (Å²) >= 11 is 0. The molecule has 0 bridgehead atoms. The van der Waals surface area contributed by atoms with Gasteiger partial charge in [0.05, 0.1) is 23.5 Å². The van der Waals surface area contributed by atoms with Crippen LogP contribution < -0.4 is 16.0 Å². The van der Waals surface area contributed by atoms with Crippen LogP contribution in [-0.4, -0.2) is 24.7 Å². The number of hydrogen-bond acceptors (Lipinski definition) is 6. The minimum atomic E-state index is -1.72. The van der Waals surface area contributed by atoms with E-state index in [2.05, 4.69) is 15.3 Å². The van der Waals surface area contributed by atoms with E-state index >= 15 is 0 Å². The average molecular weight is 437 g/mol. The molecule has 1 amide bonds. The lowest BCUT2D eigenvalue weighted by Crippen LogP contribution is -2.26. The molecule has 9 nitrogen and oxygen atoms in total. The first-order valence-electron chi connectivity index (χ1n) is 9.35. The third-order valence-electron chi connectivity index (χ3n) is 4.94. The first kappa shape index (κ1) is 20.6. The predicted octanol–water partition coefficient (Wildman–Crippen LogP) is 2.54. The summed E-state index contributed by atoms with van der Waals surface area (Å²) in [5.41, 5.74) is 1.11. The zero-order valence-corrected chi connectivity index (χ0v) is 17.6. The summed E-state index contributed by atoms with van der Waals surface area (Å²) < 4.78 is 18.3. The smallest absolute Gasteiger partial charge is 0.266 e. The van der Waals surface area contributed by atoms with Crippen LogP contribution in [0.4, 0.5) is 5.69 Å². The lowest BCUT2D eigenvalue weighted by Gasteiger charge is -2.15. The highest BCUT2D eigenvalue weighted by atomic mass is 32.2. The number of carbonyl (C=O) groups is 1. The van der Waals surface area contributed by atoms with Crippen molar-refractivity contribution in [3.8, 4) is 0 Å². The summed E-state index contributed by atoms with van der Waals surface area (Å²) in [6, 6.07) is 12.2. The highest BCUT2D eigenvalue weighted by molar-refractivity contribution is 7.82. The second-order valence-corrected chi connectivity index (χ2v) is 7.91. The molecular weight excluding hydrogens is 418 g/mol. The first-order valence-corrected chi connectivity index (χ1v) is 10.6. The van der Waals surface area contributed by atoms with Gasteiger partial charge in [-0.2, -0.15) is 0 Å². The Labute approximate surface area is 179 Å². The number of fused-ring (bicyclic) bond motifs is 1. The maximum absolute atomic E-state index is 13.3. The lowest BCUT2D eigenvalue weighted by atomic mass is 10.1. The molecule has 1 aromatic carbocycles. The van der Waals surface area contributed by atoms with Crippen molar-refractivity contribution in [2.45, 2.75) is 24.9 Å². The summed E-state index contributed by atoms with van der Waals surface area (Å²) in [7, 11) is -1.72. The molecule has 4 rings (SSSR count). The Bertz CT molecular complexity index is 1350. The zero-order chi connectivity index (χ0) is 22.1.